The Hall–Kier alpha value is -4.04. The van der Waals surface area contributed by atoms with Gasteiger partial charge in [-0.1, -0.05) is 49.2 Å². The molecule has 2 aromatic carbocycles. The minimum Gasteiger partial charge on any atom is -0.438 e. The highest BCUT2D eigenvalue weighted by molar-refractivity contribution is 7.13. The molecule has 0 bridgehead atoms. The Bertz CT molecular complexity index is 1490. The van der Waals surface area contributed by atoms with Gasteiger partial charge < -0.3 is 15.0 Å². The summed E-state index contributed by atoms with van der Waals surface area (Å²) in [6.07, 6.45) is 5.25. The van der Waals surface area contributed by atoms with E-state index in [1.807, 2.05) is 60.0 Å². The fraction of sp³-hybridized carbons (Fsp3) is 0.267. The van der Waals surface area contributed by atoms with Gasteiger partial charge in [0.05, 0.1) is 11.1 Å². The van der Waals surface area contributed by atoms with Crippen LogP contribution in [0.3, 0.4) is 0 Å². The third-order valence-electron chi connectivity index (χ3n) is 7.62. The molecule has 4 aromatic rings. The van der Waals surface area contributed by atoms with E-state index in [-0.39, 0.29) is 17.7 Å². The summed E-state index contributed by atoms with van der Waals surface area (Å²) in [5.74, 6) is 1.02. The molecule has 1 atom stereocenters. The smallest absolute Gasteiger partial charge is 0.253 e. The van der Waals surface area contributed by atoms with Gasteiger partial charge in [0.2, 0.25) is 11.8 Å². The average Bonchev–Trinajstić information content (AvgIpc) is 3.64. The second kappa shape index (κ2) is 9.68. The lowest BCUT2D eigenvalue weighted by Crippen LogP contribution is -2.40. The lowest BCUT2D eigenvalue weighted by atomic mass is 9.66. The predicted molar refractivity (Wildman–Crippen MR) is 148 cm³/mol. The standard InChI is InChI=1S/C30H28N4O3S/c1-34(2)27(35)20-11-9-19(10-12-20)23-14-13-22-25(21-7-3-4-8-24(21)37-26(22)32-23)30(15-5-6-16-30)28(36)33-29-31-17-18-38-29/h3-4,7-14,17-18,25H,5-6,15-16H2,1-2H3,(H,31,33,36). The van der Waals surface area contributed by atoms with Crippen LogP contribution in [0.25, 0.3) is 11.3 Å². The average molecular weight is 525 g/mol. The van der Waals surface area contributed by atoms with Gasteiger partial charge in [-0.05, 0) is 37.1 Å². The first-order valence-corrected chi connectivity index (χ1v) is 13.6. The van der Waals surface area contributed by atoms with Crippen molar-refractivity contribution >= 4 is 28.3 Å². The maximum Gasteiger partial charge on any atom is 0.253 e. The predicted octanol–water partition coefficient (Wildman–Crippen LogP) is 6.34. The quantitative estimate of drug-likeness (QED) is 0.329. The van der Waals surface area contributed by atoms with Crippen molar-refractivity contribution in [3.8, 4) is 22.9 Å². The topological polar surface area (TPSA) is 84.4 Å². The van der Waals surface area contributed by atoms with Gasteiger partial charge in [0.1, 0.15) is 5.75 Å². The van der Waals surface area contributed by atoms with E-state index < -0.39 is 5.41 Å². The van der Waals surface area contributed by atoms with Crippen molar-refractivity contribution in [2.24, 2.45) is 5.41 Å². The first-order chi connectivity index (χ1) is 18.5. The molecule has 6 rings (SSSR count). The summed E-state index contributed by atoms with van der Waals surface area (Å²) in [5.41, 5.74) is 3.56. The van der Waals surface area contributed by atoms with Crippen LogP contribution in [0.2, 0.25) is 0 Å². The molecule has 8 heteroatoms. The molecule has 1 unspecified atom stereocenters. The zero-order valence-corrected chi connectivity index (χ0v) is 22.1. The van der Waals surface area contributed by atoms with E-state index >= 15 is 0 Å². The molecule has 1 N–H and O–H groups in total. The van der Waals surface area contributed by atoms with Crippen molar-refractivity contribution in [2.75, 3.05) is 19.4 Å². The highest BCUT2D eigenvalue weighted by Crippen LogP contribution is 2.58. The first-order valence-electron chi connectivity index (χ1n) is 12.8. The van der Waals surface area contributed by atoms with Crippen molar-refractivity contribution in [1.82, 2.24) is 14.9 Å². The maximum absolute atomic E-state index is 13.9. The number of hydrogen-bond donors (Lipinski definition) is 1. The van der Waals surface area contributed by atoms with Gasteiger partial charge in [0, 0.05) is 53.8 Å². The van der Waals surface area contributed by atoms with Crippen molar-refractivity contribution in [1.29, 1.82) is 0 Å². The van der Waals surface area contributed by atoms with Gasteiger partial charge in [0.15, 0.2) is 5.13 Å². The van der Waals surface area contributed by atoms with Crippen LogP contribution >= 0.6 is 11.3 Å². The lowest BCUT2D eigenvalue weighted by Gasteiger charge is -2.40. The zero-order valence-electron chi connectivity index (χ0n) is 21.3. The van der Waals surface area contributed by atoms with Gasteiger partial charge in [-0.25, -0.2) is 9.97 Å². The summed E-state index contributed by atoms with van der Waals surface area (Å²) >= 11 is 1.43. The first kappa shape index (κ1) is 24.3. The fourth-order valence-electron chi connectivity index (χ4n) is 5.79. The number of carbonyl (C=O) groups is 2. The van der Waals surface area contributed by atoms with E-state index in [2.05, 4.69) is 16.4 Å². The van der Waals surface area contributed by atoms with Crippen LogP contribution in [0.1, 0.15) is 53.1 Å². The van der Waals surface area contributed by atoms with Crippen LogP contribution < -0.4 is 10.1 Å². The number of carbonyl (C=O) groups excluding carboxylic acids is 2. The van der Waals surface area contributed by atoms with Crippen molar-refractivity contribution in [3.63, 3.8) is 0 Å². The van der Waals surface area contributed by atoms with Gasteiger partial charge in [0.25, 0.3) is 5.91 Å². The summed E-state index contributed by atoms with van der Waals surface area (Å²) in [7, 11) is 3.47. The van der Waals surface area contributed by atoms with E-state index in [0.29, 0.717) is 16.6 Å². The molecule has 2 aromatic heterocycles. The van der Waals surface area contributed by atoms with Gasteiger partial charge in [-0.15, -0.1) is 11.3 Å². The van der Waals surface area contributed by atoms with Gasteiger partial charge in [-0.3, -0.25) is 9.59 Å². The molecule has 7 nitrogen and oxygen atoms in total. The van der Waals surface area contributed by atoms with E-state index in [0.717, 1.165) is 53.8 Å². The molecular weight excluding hydrogens is 496 g/mol. The molecule has 0 saturated heterocycles. The fourth-order valence-corrected chi connectivity index (χ4v) is 6.32. The number of fused-ring (bicyclic) bond motifs is 2. The monoisotopic (exact) mass is 524 g/mol. The molecule has 1 saturated carbocycles. The molecule has 192 valence electrons. The number of pyridine rings is 1. The Balaban J connectivity index is 1.41. The van der Waals surface area contributed by atoms with Crippen molar-refractivity contribution in [3.05, 3.63) is 88.9 Å². The second-order valence-corrected chi connectivity index (χ2v) is 11.0. The molecule has 0 spiro atoms. The molecule has 1 aliphatic carbocycles. The summed E-state index contributed by atoms with van der Waals surface area (Å²) < 4.78 is 6.34. The largest absolute Gasteiger partial charge is 0.438 e. The minimum absolute atomic E-state index is 0.00262. The number of hydrogen-bond acceptors (Lipinski definition) is 6. The molecule has 1 aliphatic heterocycles. The van der Waals surface area contributed by atoms with Crippen molar-refractivity contribution < 1.29 is 14.3 Å². The van der Waals surface area contributed by atoms with Gasteiger partial charge >= 0.3 is 0 Å². The van der Waals surface area contributed by atoms with E-state index in [1.165, 1.54) is 11.3 Å². The van der Waals surface area contributed by atoms with Crippen LogP contribution in [-0.2, 0) is 4.79 Å². The summed E-state index contributed by atoms with van der Waals surface area (Å²) in [5, 5.41) is 5.58. The maximum atomic E-state index is 13.9. The number of thiazole rings is 1. The van der Waals surface area contributed by atoms with Gasteiger partial charge in [-0.2, -0.15) is 0 Å². The summed E-state index contributed by atoms with van der Waals surface area (Å²) in [6, 6.07) is 19.4. The SMILES string of the molecule is CN(C)C(=O)c1ccc(-c2ccc3c(n2)Oc2ccccc2C3C2(C(=O)Nc3nccs3)CCCC2)cc1. The van der Waals surface area contributed by atoms with Crippen LogP contribution in [-0.4, -0.2) is 40.8 Å². The number of anilines is 1. The van der Waals surface area contributed by atoms with Crippen molar-refractivity contribution in [2.45, 2.75) is 31.6 Å². The Morgan fingerprint density at radius 2 is 1.76 bits per heavy atom. The number of aromatic nitrogens is 2. The van der Waals surface area contributed by atoms with Crippen LogP contribution in [0.15, 0.2) is 72.2 Å². The van der Waals surface area contributed by atoms with E-state index in [1.54, 1.807) is 25.2 Å². The lowest BCUT2D eigenvalue weighted by molar-refractivity contribution is -0.126. The zero-order chi connectivity index (χ0) is 26.3. The number of amides is 2. The molecule has 0 radical (unpaired) electrons. The number of nitrogens with one attached hydrogen (secondary N) is 1. The summed E-state index contributed by atoms with van der Waals surface area (Å²) in [6.45, 7) is 0. The van der Waals surface area contributed by atoms with Crippen LogP contribution in [0.5, 0.6) is 11.6 Å². The highest BCUT2D eigenvalue weighted by atomic mass is 32.1. The Morgan fingerprint density at radius 3 is 2.47 bits per heavy atom. The van der Waals surface area contributed by atoms with Crippen LogP contribution in [0, 0.1) is 5.41 Å². The Kier molecular flexibility index (Phi) is 6.19. The highest BCUT2D eigenvalue weighted by Gasteiger charge is 2.52. The molecule has 1 fully saturated rings. The summed E-state index contributed by atoms with van der Waals surface area (Å²) in [4.78, 5) is 37.0. The number of para-hydroxylation sites is 1. The normalized spacial score (nSPS) is 17.2. The number of ether oxygens (including phenoxy) is 1. The Labute approximate surface area is 225 Å². The van der Waals surface area contributed by atoms with E-state index in [4.69, 9.17) is 9.72 Å². The minimum atomic E-state index is -0.627. The third kappa shape index (κ3) is 4.15. The van der Waals surface area contributed by atoms with E-state index in [9.17, 15) is 9.59 Å². The Morgan fingerprint density at radius 1 is 1.00 bits per heavy atom. The number of benzene rings is 2. The molecule has 2 aliphatic rings. The molecule has 38 heavy (non-hydrogen) atoms. The third-order valence-corrected chi connectivity index (χ3v) is 8.31. The molecular formula is C30H28N4O3S. The number of nitrogens with zero attached hydrogens (tertiary/aromatic N) is 3. The second-order valence-electron chi connectivity index (χ2n) is 10.1. The molecule has 3 heterocycles. The van der Waals surface area contributed by atoms with Crippen LogP contribution in [0.4, 0.5) is 5.13 Å². The molecule has 2 amide bonds. The number of rotatable bonds is 5.